The lowest BCUT2D eigenvalue weighted by atomic mass is 10.1. The second-order valence-electron chi connectivity index (χ2n) is 4.84. The number of nitrogens with zero attached hydrogens (tertiary/aromatic N) is 1. The van der Waals surface area contributed by atoms with Gasteiger partial charge in [0.05, 0.1) is 6.61 Å². The molecule has 2 atom stereocenters. The van der Waals surface area contributed by atoms with E-state index in [1.165, 1.54) is 5.56 Å². The number of nitrogens with one attached hydrogen (secondary N) is 2. The molecule has 0 radical (unpaired) electrons. The van der Waals surface area contributed by atoms with Crippen molar-refractivity contribution in [1.29, 1.82) is 0 Å². The summed E-state index contributed by atoms with van der Waals surface area (Å²) < 4.78 is 6.43. The van der Waals surface area contributed by atoms with Crippen LogP contribution in [-0.4, -0.2) is 38.8 Å². The van der Waals surface area contributed by atoms with Gasteiger partial charge in [-0.1, -0.05) is 28.1 Å². The van der Waals surface area contributed by atoms with Crippen LogP contribution in [-0.2, 0) is 4.74 Å². The number of halogens is 1. The zero-order valence-corrected chi connectivity index (χ0v) is 13.6. The van der Waals surface area contributed by atoms with Crippen LogP contribution in [0.3, 0.4) is 0 Å². The van der Waals surface area contributed by atoms with Crippen molar-refractivity contribution in [2.45, 2.75) is 25.3 Å². The summed E-state index contributed by atoms with van der Waals surface area (Å²) in [6, 6.07) is 9.04. The van der Waals surface area contributed by atoms with E-state index in [9.17, 15) is 0 Å². The number of hydrogen-bond acceptors (Lipinski definition) is 2. The molecular weight excluding hydrogens is 318 g/mol. The van der Waals surface area contributed by atoms with E-state index >= 15 is 0 Å². The Morgan fingerprint density at radius 1 is 1.40 bits per heavy atom. The van der Waals surface area contributed by atoms with Gasteiger partial charge in [-0.3, -0.25) is 4.99 Å². The van der Waals surface area contributed by atoms with Crippen molar-refractivity contribution in [3.63, 3.8) is 0 Å². The second-order valence-corrected chi connectivity index (χ2v) is 5.76. The first-order chi connectivity index (χ1) is 9.74. The van der Waals surface area contributed by atoms with Gasteiger partial charge in [-0.2, -0.15) is 0 Å². The third kappa shape index (κ3) is 4.49. The highest BCUT2D eigenvalue weighted by molar-refractivity contribution is 9.10. The molecule has 0 saturated heterocycles. The van der Waals surface area contributed by atoms with E-state index < -0.39 is 0 Å². The van der Waals surface area contributed by atoms with Crippen molar-refractivity contribution in [3.8, 4) is 0 Å². The summed E-state index contributed by atoms with van der Waals surface area (Å²) in [5.41, 5.74) is 1.38. The molecule has 1 fully saturated rings. The van der Waals surface area contributed by atoms with Gasteiger partial charge in [0.15, 0.2) is 5.96 Å². The Balaban J connectivity index is 1.75. The summed E-state index contributed by atoms with van der Waals surface area (Å²) in [4.78, 5) is 4.24. The molecule has 110 valence electrons. The number of benzene rings is 1. The van der Waals surface area contributed by atoms with Crippen LogP contribution < -0.4 is 10.6 Å². The number of rotatable bonds is 6. The van der Waals surface area contributed by atoms with E-state index in [2.05, 4.69) is 55.8 Å². The maximum atomic E-state index is 5.30. The Labute approximate surface area is 129 Å². The van der Waals surface area contributed by atoms with Crippen molar-refractivity contribution in [1.82, 2.24) is 10.6 Å². The Morgan fingerprint density at radius 3 is 2.80 bits per heavy atom. The Kier molecular flexibility index (Phi) is 5.86. The van der Waals surface area contributed by atoms with Gasteiger partial charge >= 0.3 is 0 Å². The topological polar surface area (TPSA) is 45.6 Å². The predicted octanol–water partition coefficient (Wildman–Crippen LogP) is 2.51. The van der Waals surface area contributed by atoms with Crippen molar-refractivity contribution in [3.05, 3.63) is 34.3 Å². The third-order valence-electron chi connectivity index (χ3n) is 3.38. The lowest BCUT2D eigenvalue weighted by molar-refractivity contribution is 0.152. The van der Waals surface area contributed by atoms with Crippen molar-refractivity contribution < 1.29 is 4.74 Å². The summed E-state index contributed by atoms with van der Waals surface area (Å²) in [7, 11) is 1.80. The molecule has 1 aliphatic rings. The Bertz CT molecular complexity index is 447. The van der Waals surface area contributed by atoms with Crippen LogP contribution in [0.4, 0.5) is 0 Å². The van der Waals surface area contributed by atoms with Crippen LogP contribution in [0.5, 0.6) is 0 Å². The zero-order valence-electron chi connectivity index (χ0n) is 12.0. The molecule has 2 N–H and O–H groups in total. The molecule has 2 rings (SSSR count). The highest BCUT2D eigenvalue weighted by Crippen LogP contribution is 2.40. The summed E-state index contributed by atoms with van der Waals surface area (Å²) >= 11 is 3.47. The number of hydrogen-bond donors (Lipinski definition) is 2. The molecule has 1 aromatic carbocycles. The molecule has 0 spiro atoms. The van der Waals surface area contributed by atoms with Gasteiger partial charge < -0.3 is 15.4 Å². The maximum absolute atomic E-state index is 5.30. The van der Waals surface area contributed by atoms with Gasteiger partial charge in [0, 0.05) is 36.6 Å². The lowest BCUT2D eigenvalue weighted by Gasteiger charge is -2.11. The number of ether oxygens (including phenoxy) is 1. The molecule has 0 aromatic heterocycles. The Hall–Kier alpha value is -1.07. The van der Waals surface area contributed by atoms with Gasteiger partial charge in [-0.15, -0.1) is 0 Å². The SMILES string of the molecule is CCOCCNC(=NC)NC1CC1c1ccc(Br)cc1. The first-order valence-electron chi connectivity index (χ1n) is 7.05. The predicted molar refractivity (Wildman–Crippen MR) is 86.3 cm³/mol. The van der Waals surface area contributed by atoms with Gasteiger partial charge in [-0.05, 0) is 31.0 Å². The molecular formula is C15H22BrN3O. The first kappa shape index (κ1) is 15.3. The number of aliphatic imine (C=N–C) groups is 1. The van der Waals surface area contributed by atoms with Gasteiger partial charge in [0.2, 0.25) is 0 Å². The molecule has 0 amide bonds. The molecule has 1 saturated carbocycles. The van der Waals surface area contributed by atoms with Crippen LogP contribution in [0.2, 0.25) is 0 Å². The van der Waals surface area contributed by atoms with Crippen molar-refractivity contribution >= 4 is 21.9 Å². The largest absolute Gasteiger partial charge is 0.380 e. The standard InChI is InChI=1S/C15H22BrN3O/c1-3-20-9-8-18-15(17-2)19-14-10-13(14)11-4-6-12(16)7-5-11/h4-7,13-14H,3,8-10H2,1-2H3,(H2,17,18,19). The monoisotopic (exact) mass is 339 g/mol. The average Bonchev–Trinajstić information content (AvgIpc) is 3.22. The fraction of sp³-hybridized carbons (Fsp3) is 0.533. The molecule has 0 bridgehead atoms. The quantitative estimate of drug-likeness (QED) is 0.475. The maximum Gasteiger partial charge on any atom is 0.191 e. The van der Waals surface area contributed by atoms with Crippen LogP contribution in [0.1, 0.15) is 24.8 Å². The minimum absolute atomic E-state index is 0.481. The van der Waals surface area contributed by atoms with E-state index in [0.717, 1.165) is 30.0 Å². The third-order valence-corrected chi connectivity index (χ3v) is 3.91. The number of guanidine groups is 1. The lowest BCUT2D eigenvalue weighted by Crippen LogP contribution is -2.40. The first-order valence-corrected chi connectivity index (χ1v) is 7.84. The fourth-order valence-electron chi connectivity index (χ4n) is 2.19. The van der Waals surface area contributed by atoms with Gasteiger partial charge in [0.25, 0.3) is 0 Å². The van der Waals surface area contributed by atoms with Gasteiger partial charge in [-0.25, -0.2) is 0 Å². The van der Waals surface area contributed by atoms with E-state index in [0.29, 0.717) is 18.6 Å². The summed E-state index contributed by atoms with van der Waals surface area (Å²) in [5.74, 6) is 1.45. The molecule has 20 heavy (non-hydrogen) atoms. The van der Waals surface area contributed by atoms with Crippen LogP contribution in [0, 0.1) is 0 Å². The highest BCUT2D eigenvalue weighted by atomic mass is 79.9. The smallest absolute Gasteiger partial charge is 0.191 e. The average molecular weight is 340 g/mol. The van der Waals surface area contributed by atoms with Crippen molar-refractivity contribution in [2.75, 3.05) is 26.8 Å². The van der Waals surface area contributed by atoms with E-state index in [1.807, 2.05) is 6.92 Å². The normalized spacial score (nSPS) is 21.6. The second kappa shape index (κ2) is 7.64. The van der Waals surface area contributed by atoms with Crippen molar-refractivity contribution in [2.24, 2.45) is 4.99 Å². The molecule has 2 unspecified atom stereocenters. The molecule has 1 aliphatic carbocycles. The van der Waals surface area contributed by atoms with Crippen LogP contribution in [0.25, 0.3) is 0 Å². The molecule has 1 aromatic rings. The minimum Gasteiger partial charge on any atom is -0.380 e. The van der Waals surface area contributed by atoms with E-state index in [1.54, 1.807) is 7.05 Å². The summed E-state index contributed by atoms with van der Waals surface area (Å²) in [6.45, 7) is 4.24. The zero-order chi connectivity index (χ0) is 14.4. The Morgan fingerprint density at radius 2 is 2.15 bits per heavy atom. The highest BCUT2D eigenvalue weighted by Gasteiger charge is 2.38. The molecule has 0 heterocycles. The van der Waals surface area contributed by atoms with Crippen LogP contribution >= 0.6 is 15.9 Å². The molecule has 0 aliphatic heterocycles. The molecule has 4 nitrogen and oxygen atoms in total. The van der Waals surface area contributed by atoms with Gasteiger partial charge in [0.1, 0.15) is 0 Å². The van der Waals surface area contributed by atoms with E-state index in [4.69, 9.17) is 4.74 Å². The molecule has 5 heteroatoms. The van der Waals surface area contributed by atoms with E-state index in [-0.39, 0.29) is 0 Å². The van der Waals surface area contributed by atoms with Crippen LogP contribution in [0.15, 0.2) is 33.7 Å². The fourth-order valence-corrected chi connectivity index (χ4v) is 2.45. The summed E-state index contributed by atoms with van der Waals surface area (Å²) in [5, 5.41) is 6.72. The summed E-state index contributed by atoms with van der Waals surface area (Å²) in [6.07, 6.45) is 1.16. The minimum atomic E-state index is 0.481.